The predicted octanol–water partition coefficient (Wildman–Crippen LogP) is 3.93. The zero-order chi connectivity index (χ0) is 22.9. The number of pyridine rings is 1. The van der Waals surface area contributed by atoms with Crippen molar-refractivity contribution in [3.05, 3.63) is 93.4 Å². The number of fused-ring (bicyclic) bond motifs is 1. The van der Waals surface area contributed by atoms with Crippen LogP contribution in [0.2, 0.25) is 0 Å². The molecular formula is C26H26N2O4. The maximum Gasteiger partial charge on any atom is 0.268 e. The van der Waals surface area contributed by atoms with E-state index in [4.69, 9.17) is 4.74 Å². The van der Waals surface area contributed by atoms with Crippen LogP contribution in [-0.4, -0.2) is 23.4 Å². The van der Waals surface area contributed by atoms with Crippen molar-refractivity contribution in [1.82, 2.24) is 9.88 Å². The van der Waals surface area contributed by atoms with Crippen molar-refractivity contribution in [3.63, 3.8) is 0 Å². The summed E-state index contributed by atoms with van der Waals surface area (Å²) in [6.07, 6.45) is 0.924. The van der Waals surface area contributed by atoms with Crippen molar-refractivity contribution in [1.29, 1.82) is 0 Å². The standard InChI is InChI=1S/C26H26N2O4/c1-26(2)14-22-20(23(29)15-26)13-21(24(30)27-16-17-7-5-4-6-8-17)25(31)28(22)18-9-11-19(32-3)12-10-18/h4-13H,14-16H2,1-3H3,(H,27,30). The fourth-order valence-corrected chi connectivity index (χ4v) is 4.15. The summed E-state index contributed by atoms with van der Waals surface area (Å²) in [5.74, 6) is 0.0981. The SMILES string of the molecule is COc1ccc(-n2c3c(cc(C(=O)NCc4ccccc4)c2=O)C(=O)CC(C)(C)C3)cc1. The number of hydrogen-bond acceptors (Lipinski definition) is 4. The van der Waals surface area contributed by atoms with Crippen LogP contribution in [0, 0.1) is 5.41 Å². The van der Waals surface area contributed by atoms with Gasteiger partial charge in [0.05, 0.1) is 7.11 Å². The van der Waals surface area contributed by atoms with Crippen LogP contribution >= 0.6 is 0 Å². The molecule has 1 N–H and O–H groups in total. The molecule has 0 fully saturated rings. The minimum Gasteiger partial charge on any atom is -0.497 e. The first-order valence-corrected chi connectivity index (χ1v) is 10.6. The smallest absolute Gasteiger partial charge is 0.268 e. The topological polar surface area (TPSA) is 77.4 Å². The average molecular weight is 431 g/mol. The summed E-state index contributed by atoms with van der Waals surface area (Å²) in [6, 6.07) is 18.0. The molecule has 1 aliphatic rings. The largest absolute Gasteiger partial charge is 0.497 e. The van der Waals surface area contributed by atoms with Crippen LogP contribution in [0.5, 0.6) is 5.75 Å². The molecule has 1 aliphatic carbocycles. The first-order chi connectivity index (χ1) is 15.3. The van der Waals surface area contributed by atoms with Gasteiger partial charge in [0.15, 0.2) is 5.78 Å². The first kappa shape index (κ1) is 21.6. The Bertz CT molecular complexity index is 1230. The molecule has 2 aromatic carbocycles. The van der Waals surface area contributed by atoms with Gasteiger partial charge in [-0.05, 0) is 47.7 Å². The van der Waals surface area contributed by atoms with Crippen molar-refractivity contribution in [2.75, 3.05) is 7.11 Å². The van der Waals surface area contributed by atoms with Crippen LogP contribution in [0.3, 0.4) is 0 Å². The number of methoxy groups -OCH3 is 1. The Morgan fingerprint density at radius 2 is 1.72 bits per heavy atom. The molecule has 0 bridgehead atoms. The number of ether oxygens (including phenoxy) is 1. The summed E-state index contributed by atoms with van der Waals surface area (Å²) >= 11 is 0. The molecule has 3 aromatic rings. The van der Waals surface area contributed by atoms with E-state index in [2.05, 4.69) is 5.32 Å². The maximum absolute atomic E-state index is 13.5. The molecule has 0 aliphatic heterocycles. The number of benzene rings is 2. The van der Waals surface area contributed by atoms with Crippen LogP contribution in [0.25, 0.3) is 5.69 Å². The van der Waals surface area contributed by atoms with E-state index in [1.165, 1.54) is 10.6 Å². The van der Waals surface area contributed by atoms with E-state index in [9.17, 15) is 14.4 Å². The second-order valence-electron chi connectivity index (χ2n) is 8.87. The van der Waals surface area contributed by atoms with Crippen LogP contribution in [0.1, 0.15) is 52.2 Å². The number of carbonyl (C=O) groups is 2. The van der Waals surface area contributed by atoms with Crippen LogP contribution in [0.4, 0.5) is 0 Å². The molecular weight excluding hydrogens is 404 g/mol. The normalized spacial score (nSPS) is 14.5. The predicted molar refractivity (Wildman–Crippen MR) is 123 cm³/mol. The number of rotatable bonds is 5. The van der Waals surface area contributed by atoms with Gasteiger partial charge in [-0.1, -0.05) is 44.2 Å². The minimum atomic E-state index is -0.499. The van der Waals surface area contributed by atoms with Crippen LogP contribution < -0.4 is 15.6 Å². The highest BCUT2D eigenvalue weighted by Gasteiger charge is 2.35. The summed E-state index contributed by atoms with van der Waals surface area (Å²) in [5, 5.41) is 2.81. The van der Waals surface area contributed by atoms with Gasteiger partial charge in [-0.3, -0.25) is 19.0 Å². The lowest BCUT2D eigenvalue weighted by Crippen LogP contribution is -2.38. The van der Waals surface area contributed by atoms with E-state index in [1.54, 1.807) is 31.4 Å². The number of carbonyl (C=O) groups excluding carboxylic acids is 2. The van der Waals surface area contributed by atoms with Gasteiger partial charge in [-0.25, -0.2) is 0 Å². The van der Waals surface area contributed by atoms with Gasteiger partial charge in [0, 0.05) is 29.9 Å². The Hall–Kier alpha value is -3.67. The highest BCUT2D eigenvalue weighted by atomic mass is 16.5. The highest BCUT2D eigenvalue weighted by molar-refractivity contribution is 6.02. The third-order valence-electron chi connectivity index (χ3n) is 5.76. The van der Waals surface area contributed by atoms with Crippen molar-refractivity contribution in [2.24, 2.45) is 5.41 Å². The second kappa shape index (κ2) is 8.46. The molecule has 6 heteroatoms. The van der Waals surface area contributed by atoms with Gasteiger partial charge < -0.3 is 10.1 Å². The molecule has 0 unspecified atom stereocenters. The number of nitrogens with zero attached hydrogens (tertiary/aromatic N) is 1. The number of amides is 1. The van der Waals surface area contributed by atoms with Gasteiger partial charge in [0.2, 0.25) is 0 Å². The molecule has 32 heavy (non-hydrogen) atoms. The molecule has 1 amide bonds. The third kappa shape index (κ3) is 4.21. The van der Waals surface area contributed by atoms with Crippen molar-refractivity contribution < 1.29 is 14.3 Å². The Balaban J connectivity index is 1.81. The fourth-order valence-electron chi connectivity index (χ4n) is 4.15. The van der Waals surface area contributed by atoms with E-state index in [1.807, 2.05) is 44.2 Å². The second-order valence-corrected chi connectivity index (χ2v) is 8.87. The molecule has 0 radical (unpaired) electrons. The van der Waals surface area contributed by atoms with Gasteiger partial charge in [0.1, 0.15) is 11.3 Å². The quantitative estimate of drug-likeness (QED) is 0.665. The Morgan fingerprint density at radius 3 is 2.38 bits per heavy atom. The average Bonchev–Trinajstić information content (AvgIpc) is 2.77. The van der Waals surface area contributed by atoms with E-state index in [0.717, 1.165) is 5.56 Å². The van der Waals surface area contributed by atoms with E-state index in [0.29, 0.717) is 42.1 Å². The van der Waals surface area contributed by atoms with Crippen molar-refractivity contribution >= 4 is 11.7 Å². The molecule has 0 spiro atoms. The van der Waals surface area contributed by atoms with Gasteiger partial charge in [0.25, 0.3) is 11.5 Å². The lowest BCUT2D eigenvalue weighted by atomic mass is 9.75. The monoisotopic (exact) mass is 430 g/mol. The third-order valence-corrected chi connectivity index (χ3v) is 5.76. The number of aromatic nitrogens is 1. The fraction of sp³-hybridized carbons (Fsp3) is 0.269. The molecule has 0 saturated heterocycles. The Labute approximate surface area is 186 Å². The van der Waals surface area contributed by atoms with Crippen molar-refractivity contribution in [3.8, 4) is 11.4 Å². The maximum atomic E-state index is 13.5. The minimum absolute atomic E-state index is 0.0384. The van der Waals surface area contributed by atoms with Crippen LogP contribution in [-0.2, 0) is 13.0 Å². The summed E-state index contributed by atoms with van der Waals surface area (Å²) in [7, 11) is 1.57. The molecule has 0 atom stereocenters. The molecule has 164 valence electrons. The Kier molecular flexibility index (Phi) is 5.70. The molecule has 6 nitrogen and oxygen atoms in total. The first-order valence-electron chi connectivity index (χ1n) is 10.6. The lowest BCUT2D eigenvalue weighted by molar-refractivity contribution is 0.0908. The summed E-state index contributed by atoms with van der Waals surface area (Å²) in [4.78, 5) is 39.5. The summed E-state index contributed by atoms with van der Waals surface area (Å²) < 4.78 is 6.73. The zero-order valence-electron chi connectivity index (χ0n) is 18.5. The number of nitrogens with one attached hydrogen (secondary N) is 1. The number of ketones is 1. The Morgan fingerprint density at radius 1 is 1.03 bits per heavy atom. The molecule has 1 heterocycles. The van der Waals surface area contributed by atoms with E-state index in [-0.39, 0.29) is 16.8 Å². The van der Waals surface area contributed by atoms with Crippen LogP contribution in [0.15, 0.2) is 65.5 Å². The summed E-state index contributed by atoms with van der Waals surface area (Å²) in [6.45, 7) is 4.31. The van der Waals surface area contributed by atoms with E-state index < -0.39 is 11.5 Å². The number of hydrogen-bond donors (Lipinski definition) is 1. The summed E-state index contributed by atoms with van der Waals surface area (Å²) in [5.41, 5.74) is 1.84. The van der Waals surface area contributed by atoms with Gasteiger partial charge >= 0.3 is 0 Å². The number of Topliss-reactive ketones (excluding diaryl/α,β-unsaturated/α-hetero) is 1. The van der Waals surface area contributed by atoms with E-state index >= 15 is 0 Å². The van der Waals surface area contributed by atoms with Crippen molar-refractivity contribution in [2.45, 2.75) is 33.2 Å². The van der Waals surface area contributed by atoms with Gasteiger partial charge in [-0.2, -0.15) is 0 Å². The molecule has 4 rings (SSSR count). The molecule has 1 aromatic heterocycles. The zero-order valence-corrected chi connectivity index (χ0v) is 18.5. The highest BCUT2D eigenvalue weighted by Crippen LogP contribution is 2.35. The van der Waals surface area contributed by atoms with Gasteiger partial charge in [-0.15, -0.1) is 0 Å². The molecule has 0 saturated carbocycles. The lowest BCUT2D eigenvalue weighted by Gasteiger charge is -2.32.